The number of hydrazone groups is 1. The van der Waals surface area contributed by atoms with E-state index in [2.05, 4.69) is 24.4 Å². The summed E-state index contributed by atoms with van der Waals surface area (Å²) in [5.74, 6) is 2.21. The molecule has 0 saturated heterocycles. The summed E-state index contributed by atoms with van der Waals surface area (Å²) < 4.78 is 21.3. The van der Waals surface area contributed by atoms with Crippen molar-refractivity contribution >= 4 is 12.1 Å². The van der Waals surface area contributed by atoms with Gasteiger partial charge in [0, 0.05) is 5.56 Å². The lowest BCUT2D eigenvalue weighted by molar-refractivity contribution is -0.123. The van der Waals surface area contributed by atoms with Crippen molar-refractivity contribution in [2.24, 2.45) is 5.10 Å². The van der Waals surface area contributed by atoms with Crippen LogP contribution in [0.3, 0.4) is 0 Å². The Bertz CT molecular complexity index is 791. The topological polar surface area (TPSA) is 78.4 Å². The Morgan fingerprint density at radius 2 is 1.64 bits per heavy atom. The Morgan fingerprint density at radius 3 is 2.14 bits per heavy atom. The molecule has 0 bridgehead atoms. The van der Waals surface area contributed by atoms with Crippen LogP contribution in [0, 0.1) is 0 Å². The quantitative estimate of drug-likeness (QED) is 0.528. The Balaban J connectivity index is 1.92. The number of hydrogen-bond acceptors (Lipinski definition) is 6. The van der Waals surface area contributed by atoms with Crippen LogP contribution in [0.15, 0.2) is 41.5 Å². The maximum absolute atomic E-state index is 11.9. The summed E-state index contributed by atoms with van der Waals surface area (Å²) >= 11 is 0. The van der Waals surface area contributed by atoms with Crippen molar-refractivity contribution in [2.75, 3.05) is 27.9 Å². The maximum Gasteiger partial charge on any atom is 0.277 e. The third-order valence-electron chi connectivity index (χ3n) is 4.01. The van der Waals surface area contributed by atoms with Crippen LogP contribution in [0.1, 0.15) is 30.9 Å². The second-order valence-corrected chi connectivity index (χ2v) is 6.26. The number of benzene rings is 2. The highest BCUT2D eigenvalue weighted by Gasteiger charge is 2.12. The van der Waals surface area contributed by atoms with E-state index in [0.717, 1.165) is 0 Å². The molecule has 0 unspecified atom stereocenters. The van der Waals surface area contributed by atoms with Crippen LogP contribution in [0.5, 0.6) is 23.0 Å². The Hall–Kier alpha value is -3.22. The van der Waals surface area contributed by atoms with Crippen LogP contribution >= 0.6 is 0 Å². The first kappa shape index (κ1) is 21.1. The van der Waals surface area contributed by atoms with Gasteiger partial charge in [0.15, 0.2) is 18.1 Å². The summed E-state index contributed by atoms with van der Waals surface area (Å²) in [4.78, 5) is 11.9. The van der Waals surface area contributed by atoms with Gasteiger partial charge in [-0.1, -0.05) is 26.0 Å². The smallest absolute Gasteiger partial charge is 0.277 e. The number of amides is 1. The van der Waals surface area contributed by atoms with Gasteiger partial charge in [0.25, 0.3) is 5.91 Å². The van der Waals surface area contributed by atoms with E-state index in [0.29, 0.717) is 34.5 Å². The van der Waals surface area contributed by atoms with Crippen molar-refractivity contribution in [1.29, 1.82) is 0 Å². The molecule has 1 amide bonds. The molecular weight excluding hydrogens is 360 g/mol. The van der Waals surface area contributed by atoms with Gasteiger partial charge in [-0.15, -0.1) is 0 Å². The monoisotopic (exact) mass is 386 g/mol. The van der Waals surface area contributed by atoms with Crippen LogP contribution in [0.25, 0.3) is 0 Å². The van der Waals surface area contributed by atoms with Gasteiger partial charge >= 0.3 is 0 Å². The first-order valence-electron chi connectivity index (χ1n) is 8.83. The number of ether oxygens (including phenoxy) is 4. The largest absolute Gasteiger partial charge is 0.493 e. The van der Waals surface area contributed by atoms with Gasteiger partial charge in [0.1, 0.15) is 5.75 Å². The van der Waals surface area contributed by atoms with Crippen LogP contribution in [-0.4, -0.2) is 40.1 Å². The first-order chi connectivity index (χ1) is 13.5. The lowest BCUT2D eigenvalue weighted by Crippen LogP contribution is -2.24. The molecule has 2 aromatic rings. The number of nitrogens with zero attached hydrogens (tertiary/aromatic N) is 1. The Labute approximate surface area is 165 Å². The molecule has 28 heavy (non-hydrogen) atoms. The molecule has 0 fully saturated rings. The number of hydrogen-bond donors (Lipinski definition) is 1. The Morgan fingerprint density at radius 1 is 1.04 bits per heavy atom. The van der Waals surface area contributed by atoms with Gasteiger partial charge in [0.2, 0.25) is 5.75 Å². The number of nitrogens with one attached hydrogen (secondary N) is 1. The SMILES string of the molecule is COc1cc(C=NNC(=O)COc2ccc(C(C)C)cc2)cc(OC)c1OC. The fraction of sp³-hybridized carbons (Fsp3) is 0.333. The standard InChI is InChI=1S/C21H26N2O5/c1-14(2)16-6-8-17(9-7-16)28-13-20(24)23-22-12-15-10-18(25-3)21(27-5)19(11-15)26-4/h6-12,14H,13H2,1-5H3,(H,23,24). The summed E-state index contributed by atoms with van der Waals surface area (Å²) in [6.45, 7) is 4.11. The Kier molecular flexibility index (Phi) is 7.68. The van der Waals surface area contributed by atoms with Gasteiger partial charge in [-0.25, -0.2) is 5.43 Å². The van der Waals surface area contributed by atoms with Gasteiger partial charge < -0.3 is 18.9 Å². The third kappa shape index (κ3) is 5.64. The molecular formula is C21H26N2O5. The minimum atomic E-state index is -0.364. The zero-order valence-electron chi connectivity index (χ0n) is 16.8. The number of carbonyl (C=O) groups excluding carboxylic acids is 1. The van der Waals surface area contributed by atoms with E-state index in [1.807, 2.05) is 24.3 Å². The normalized spacial score (nSPS) is 10.8. The van der Waals surface area contributed by atoms with Gasteiger partial charge in [0.05, 0.1) is 27.5 Å². The maximum atomic E-state index is 11.9. The number of carbonyl (C=O) groups is 1. The van der Waals surface area contributed by atoms with Crippen molar-refractivity contribution in [1.82, 2.24) is 5.43 Å². The second kappa shape index (κ2) is 10.2. The molecule has 2 aromatic carbocycles. The van der Waals surface area contributed by atoms with Gasteiger partial charge in [-0.3, -0.25) is 4.79 Å². The fourth-order valence-electron chi connectivity index (χ4n) is 2.48. The van der Waals surface area contributed by atoms with Crippen LogP contribution in [0.2, 0.25) is 0 Å². The van der Waals surface area contributed by atoms with Crippen molar-refractivity contribution < 1.29 is 23.7 Å². The lowest BCUT2D eigenvalue weighted by Gasteiger charge is -2.12. The molecule has 2 rings (SSSR count). The van der Waals surface area contributed by atoms with Crippen molar-refractivity contribution in [2.45, 2.75) is 19.8 Å². The highest BCUT2D eigenvalue weighted by molar-refractivity contribution is 5.84. The van der Waals surface area contributed by atoms with Crippen molar-refractivity contribution in [3.05, 3.63) is 47.5 Å². The number of rotatable bonds is 9. The van der Waals surface area contributed by atoms with E-state index in [9.17, 15) is 4.79 Å². The predicted molar refractivity (Wildman–Crippen MR) is 108 cm³/mol. The van der Waals surface area contributed by atoms with E-state index >= 15 is 0 Å². The molecule has 0 heterocycles. The average molecular weight is 386 g/mol. The van der Waals surface area contributed by atoms with Crippen molar-refractivity contribution in [3.63, 3.8) is 0 Å². The molecule has 0 aromatic heterocycles. The first-order valence-corrected chi connectivity index (χ1v) is 8.83. The fourth-order valence-corrected chi connectivity index (χ4v) is 2.48. The molecule has 7 nitrogen and oxygen atoms in total. The van der Waals surface area contributed by atoms with E-state index in [1.54, 1.807) is 12.1 Å². The van der Waals surface area contributed by atoms with Gasteiger partial charge in [-0.2, -0.15) is 5.10 Å². The molecule has 0 saturated carbocycles. The average Bonchev–Trinajstić information content (AvgIpc) is 2.71. The molecule has 150 valence electrons. The summed E-state index contributed by atoms with van der Waals surface area (Å²) in [5, 5.41) is 3.94. The van der Waals surface area contributed by atoms with Crippen molar-refractivity contribution in [3.8, 4) is 23.0 Å². The highest BCUT2D eigenvalue weighted by atomic mass is 16.5. The molecule has 0 aliphatic rings. The molecule has 0 spiro atoms. The van der Waals surface area contributed by atoms with E-state index < -0.39 is 0 Å². The zero-order valence-corrected chi connectivity index (χ0v) is 16.8. The minimum absolute atomic E-state index is 0.131. The second-order valence-electron chi connectivity index (χ2n) is 6.26. The van der Waals surface area contributed by atoms with Crippen LogP contribution in [0.4, 0.5) is 0 Å². The van der Waals surface area contributed by atoms with E-state index in [-0.39, 0.29) is 12.5 Å². The highest BCUT2D eigenvalue weighted by Crippen LogP contribution is 2.37. The molecule has 1 N–H and O–H groups in total. The summed E-state index contributed by atoms with van der Waals surface area (Å²) in [7, 11) is 4.60. The number of methoxy groups -OCH3 is 3. The minimum Gasteiger partial charge on any atom is -0.493 e. The van der Waals surface area contributed by atoms with E-state index in [1.165, 1.54) is 33.1 Å². The summed E-state index contributed by atoms with van der Waals surface area (Å²) in [6, 6.07) is 11.1. The summed E-state index contributed by atoms with van der Waals surface area (Å²) in [5.41, 5.74) is 4.32. The predicted octanol–water partition coefficient (Wildman–Crippen LogP) is 3.36. The third-order valence-corrected chi connectivity index (χ3v) is 4.01. The van der Waals surface area contributed by atoms with Gasteiger partial charge in [-0.05, 0) is 35.7 Å². The lowest BCUT2D eigenvalue weighted by atomic mass is 10.0. The van der Waals surface area contributed by atoms with Crippen LogP contribution in [-0.2, 0) is 4.79 Å². The molecule has 0 radical (unpaired) electrons. The molecule has 0 aliphatic heterocycles. The zero-order chi connectivity index (χ0) is 20.5. The van der Waals surface area contributed by atoms with Crippen LogP contribution < -0.4 is 24.4 Å². The van der Waals surface area contributed by atoms with E-state index in [4.69, 9.17) is 18.9 Å². The molecule has 0 aliphatic carbocycles. The summed E-state index contributed by atoms with van der Waals surface area (Å²) in [6.07, 6.45) is 1.49. The molecule has 0 atom stereocenters. The molecule has 7 heteroatoms.